The third-order valence-corrected chi connectivity index (χ3v) is 9.58. The van der Waals surface area contributed by atoms with Gasteiger partial charge in [0.15, 0.2) is 0 Å². The summed E-state index contributed by atoms with van der Waals surface area (Å²) in [4.78, 5) is 14.2. The Kier molecular flexibility index (Phi) is 9.09. The van der Waals surface area contributed by atoms with E-state index in [0.29, 0.717) is 31.7 Å². The summed E-state index contributed by atoms with van der Waals surface area (Å²) in [6, 6.07) is 6.34. The van der Waals surface area contributed by atoms with Crippen LogP contribution >= 0.6 is 0 Å². The number of rotatable bonds is 9. The minimum Gasteiger partial charge on any atom is -0.446 e. The molecule has 1 amide bonds. The molecule has 1 heterocycles. The van der Waals surface area contributed by atoms with Crippen molar-refractivity contribution in [2.24, 2.45) is 5.92 Å². The molecule has 1 aromatic carbocycles. The highest BCUT2D eigenvalue weighted by molar-refractivity contribution is 7.87. The molecule has 11 heteroatoms. The molecule has 1 aromatic rings. The number of alkyl halides is 1. The van der Waals surface area contributed by atoms with Crippen LogP contribution in [0, 0.1) is 11.7 Å². The summed E-state index contributed by atoms with van der Waals surface area (Å²) >= 11 is 0. The average Bonchev–Trinajstić information content (AvgIpc) is 2.85. The minimum atomic E-state index is -3.67. The van der Waals surface area contributed by atoms with Crippen molar-refractivity contribution in [3.05, 3.63) is 35.6 Å². The number of hydrogen-bond acceptors (Lipinski definition) is 5. The highest BCUT2D eigenvalue weighted by Crippen LogP contribution is 2.36. The number of nitrogens with one attached hydrogen (secondary N) is 1. The molecule has 208 valence electrons. The smallest absolute Gasteiger partial charge is 0.409 e. The summed E-state index contributed by atoms with van der Waals surface area (Å²) in [5.41, 5.74) is -0.405. The molecule has 37 heavy (non-hydrogen) atoms. The zero-order chi connectivity index (χ0) is 26.6. The maximum absolute atomic E-state index is 14.3. The van der Waals surface area contributed by atoms with E-state index in [9.17, 15) is 22.0 Å². The zero-order valence-corrected chi connectivity index (χ0v) is 22.5. The van der Waals surface area contributed by atoms with Crippen molar-refractivity contribution >= 4 is 16.3 Å². The van der Waals surface area contributed by atoms with Gasteiger partial charge in [0.05, 0.1) is 12.7 Å². The molecule has 1 N–H and O–H groups in total. The van der Waals surface area contributed by atoms with Gasteiger partial charge in [-0.25, -0.2) is 13.6 Å². The molecule has 0 spiro atoms. The molecular weight excluding hydrogens is 504 g/mol. The lowest BCUT2D eigenvalue weighted by molar-refractivity contribution is -0.0323. The van der Waals surface area contributed by atoms with Gasteiger partial charge in [0.2, 0.25) is 0 Å². The number of amides is 1. The molecule has 4 rings (SSSR count). The molecule has 0 aromatic heterocycles. The summed E-state index contributed by atoms with van der Waals surface area (Å²) in [6.07, 6.45) is 4.90. The number of carbonyl (C=O) groups is 1. The van der Waals surface area contributed by atoms with Crippen molar-refractivity contribution in [1.82, 2.24) is 13.9 Å². The molecule has 1 unspecified atom stereocenters. The lowest BCUT2D eigenvalue weighted by Gasteiger charge is -2.40. The third kappa shape index (κ3) is 7.40. The van der Waals surface area contributed by atoms with Crippen molar-refractivity contribution in [3.63, 3.8) is 0 Å². The normalized spacial score (nSPS) is 28.1. The van der Waals surface area contributed by atoms with Crippen LogP contribution in [0.25, 0.3) is 0 Å². The van der Waals surface area contributed by atoms with Gasteiger partial charge < -0.3 is 14.4 Å². The molecular formula is C26H39F2N3O5S. The number of benzene rings is 1. The molecule has 8 nitrogen and oxygen atoms in total. The fourth-order valence-electron chi connectivity index (χ4n) is 5.39. The van der Waals surface area contributed by atoms with Crippen LogP contribution in [0.5, 0.6) is 0 Å². The van der Waals surface area contributed by atoms with Crippen LogP contribution in [0.1, 0.15) is 62.8 Å². The summed E-state index contributed by atoms with van der Waals surface area (Å²) in [7, 11) is -0.740. The van der Waals surface area contributed by atoms with Gasteiger partial charge >= 0.3 is 6.09 Å². The second-order valence-electron chi connectivity index (χ2n) is 10.9. The van der Waals surface area contributed by atoms with Gasteiger partial charge in [-0.05, 0) is 75.0 Å². The lowest BCUT2D eigenvalue weighted by Crippen LogP contribution is -2.55. The predicted octanol–water partition coefficient (Wildman–Crippen LogP) is 3.98. The van der Waals surface area contributed by atoms with E-state index in [-0.39, 0.29) is 37.6 Å². The number of piperidine rings is 1. The molecule has 3 fully saturated rings. The van der Waals surface area contributed by atoms with E-state index in [4.69, 9.17) is 9.47 Å². The second kappa shape index (κ2) is 11.9. The van der Waals surface area contributed by atoms with E-state index in [1.165, 1.54) is 25.1 Å². The molecule has 2 atom stereocenters. The van der Waals surface area contributed by atoms with E-state index in [2.05, 4.69) is 4.72 Å². The van der Waals surface area contributed by atoms with E-state index in [0.717, 1.165) is 42.0 Å². The van der Waals surface area contributed by atoms with Gasteiger partial charge in [0, 0.05) is 39.1 Å². The van der Waals surface area contributed by atoms with Gasteiger partial charge in [-0.2, -0.15) is 17.4 Å². The van der Waals surface area contributed by atoms with E-state index >= 15 is 0 Å². The van der Waals surface area contributed by atoms with Crippen molar-refractivity contribution in [2.75, 3.05) is 40.4 Å². The van der Waals surface area contributed by atoms with E-state index < -0.39 is 28.0 Å². The van der Waals surface area contributed by atoms with Crippen LogP contribution in [0.3, 0.4) is 0 Å². The number of carbonyl (C=O) groups excluding carboxylic acids is 1. The van der Waals surface area contributed by atoms with Crippen molar-refractivity contribution < 1.29 is 31.5 Å². The first-order valence-electron chi connectivity index (χ1n) is 13.2. The Morgan fingerprint density at radius 2 is 1.92 bits per heavy atom. The molecule has 2 aliphatic carbocycles. The number of nitrogens with zero attached hydrogens (tertiary/aromatic N) is 2. The van der Waals surface area contributed by atoms with E-state index in [1.807, 2.05) is 6.07 Å². The lowest BCUT2D eigenvalue weighted by atomic mass is 9.82. The topological polar surface area (TPSA) is 88.2 Å². The van der Waals surface area contributed by atoms with Crippen LogP contribution in [0.15, 0.2) is 24.3 Å². The minimum absolute atomic E-state index is 0.0169. The first-order valence-corrected chi connectivity index (χ1v) is 14.7. The quantitative estimate of drug-likeness (QED) is 0.509. The maximum Gasteiger partial charge on any atom is 0.409 e. The molecule has 1 aliphatic heterocycles. The van der Waals surface area contributed by atoms with Crippen LogP contribution in [0.2, 0.25) is 0 Å². The van der Waals surface area contributed by atoms with Gasteiger partial charge in [-0.3, -0.25) is 0 Å². The third-order valence-electron chi connectivity index (χ3n) is 8.02. The van der Waals surface area contributed by atoms with Gasteiger partial charge in [0.25, 0.3) is 10.2 Å². The Hall–Kier alpha value is -1.82. The summed E-state index contributed by atoms with van der Waals surface area (Å²) in [5, 5.41) is 0. The van der Waals surface area contributed by atoms with Crippen molar-refractivity contribution in [1.29, 1.82) is 0 Å². The second-order valence-corrected chi connectivity index (χ2v) is 12.8. The standard InChI is InChI=1S/C26H39F2N3O5S/c1-30(2)37(33,34)29-24-11-14-31(25(32)36-18-26(28)12-4-13-26)16-21(24)17-35-23-9-7-19(8-10-23)20-5-3-6-22(27)15-20/h3,5-6,15,19,21,23-24,29H,4,7-14,16-18H2,1-2H3/t19-,21-,23+,24?/m0/s1. The largest absolute Gasteiger partial charge is 0.446 e. The zero-order valence-electron chi connectivity index (χ0n) is 21.7. The SMILES string of the molecule is CN(C)S(=O)(=O)NC1CCN(C(=O)OCC2(F)CCC2)C[C@H]1CO[C@H]1CC[C@@H](c2cccc(F)c2)CC1. The molecule has 0 radical (unpaired) electrons. The number of ether oxygens (including phenoxy) is 2. The fourth-order valence-corrected chi connectivity index (χ4v) is 6.29. The Bertz CT molecular complexity index is 1030. The van der Waals surface area contributed by atoms with Crippen LogP contribution in [0.4, 0.5) is 13.6 Å². The van der Waals surface area contributed by atoms with E-state index in [1.54, 1.807) is 12.1 Å². The summed E-state index contributed by atoms with van der Waals surface area (Å²) < 4.78 is 68.3. The first kappa shape index (κ1) is 28.2. The monoisotopic (exact) mass is 543 g/mol. The van der Waals surface area contributed by atoms with Crippen LogP contribution < -0.4 is 4.72 Å². The molecule has 1 saturated heterocycles. The fraction of sp³-hybridized carbons (Fsp3) is 0.731. The Morgan fingerprint density at radius 1 is 1.19 bits per heavy atom. The van der Waals surface area contributed by atoms with Crippen molar-refractivity contribution in [2.45, 2.75) is 75.1 Å². The number of likely N-dealkylation sites (tertiary alicyclic amines) is 1. The van der Waals surface area contributed by atoms with Gasteiger partial charge in [-0.1, -0.05) is 12.1 Å². The highest BCUT2D eigenvalue weighted by atomic mass is 32.2. The predicted molar refractivity (Wildman–Crippen MR) is 136 cm³/mol. The Balaban J connectivity index is 1.33. The Labute approximate surface area is 218 Å². The van der Waals surface area contributed by atoms with Gasteiger partial charge in [-0.15, -0.1) is 0 Å². The Morgan fingerprint density at radius 3 is 2.54 bits per heavy atom. The summed E-state index contributed by atoms with van der Waals surface area (Å²) in [6.45, 7) is 0.618. The van der Waals surface area contributed by atoms with Crippen LogP contribution in [-0.4, -0.2) is 81.9 Å². The van der Waals surface area contributed by atoms with Crippen LogP contribution in [-0.2, 0) is 19.7 Å². The average molecular weight is 544 g/mol. The van der Waals surface area contributed by atoms with Crippen molar-refractivity contribution in [3.8, 4) is 0 Å². The van der Waals surface area contributed by atoms with Gasteiger partial charge in [0.1, 0.15) is 18.1 Å². The molecule has 0 bridgehead atoms. The first-order chi connectivity index (χ1) is 17.5. The highest BCUT2D eigenvalue weighted by Gasteiger charge is 2.40. The number of halogens is 2. The molecule has 2 saturated carbocycles. The number of hydrogen-bond donors (Lipinski definition) is 1. The summed E-state index contributed by atoms with van der Waals surface area (Å²) in [5.74, 6) is -0.207. The maximum atomic E-state index is 14.3. The molecule has 3 aliphatic rings.